The number of carbonyl (C=O) groups is 1. The largest absolute Gasteiger partial charge is 0.397 e. The third-order valence-electron chi connectivity index (χ3n) is 6.41. The summed E-state index contributed by atoms with van der Waals surface area (Å²) < 4.78 is 27.5. The molecular weight excluding hydrogens is 478 g/mol. The number of nitrogens with one attached hydrogen (secondary N) is 2. The predicted octanol–water partition coefficient (Wildman–Crippen LogP) is 3.86. The zero-order valence-electron chi connectivity index (χ0n) is 19.9. The first-order valence-electron chi connectivity index (χ1n) is 11.9. The van der Waals surface area contributed by atoms with E-state index in [1.807, 2.05) is 0 Å². The highest BCUT2D eigenvalue weighted by Crippen LogP contribution is 2.33. The average Bonchev–Trinajstić information content (AvgIpc) is 3.57. The third kappa shape index (κ3) is 5.41. The second-order valence-electron chi connectivity index (χ2n) is 9.02. The van der Waals surface area contributed by atoms with Gasteiger partial charge in [0.1, 0.15) is 29.3 Å². The van der Waals surface area contributed by atoms with Gasteiger partial charge in [0.2, 0.25) is 0 Å². The van der Waals surface area contributed by atoms with E-state index in [2.05, 4.69) is 25.3 Å². The predicted molar refractivity (Wildman–Crippen MR) is 136 cm³/mol. The van der Waals surface area contributed by atoms with E-state index >= 15 is 0 Å². The van der Waals surface area contributed by atoms with E-state index in [1.165, 1.54) is 53.9 Å². The number of aromatic amines is 1. The molecule has 4 aromatic rings. The number of hydrogen-bond acceptors (Lipinski definition) is 7. The number of hydrogen-bond donors (Lipinski definition) is 4. The van der Waals surface area contributed by atoms with Crippen LogP contribution in [-0.2, 0) is 6.54 Å². The van der Waals surface area contributed by atoms with Crippen LogP contribution in [0, 0.1) is 11.6 Å². The lowest BCUT2D eigenvalue weighted by Gasteiger charge is -2.15. The van der Waals surface area contributed by atoms with Crippen molar-refractivity contribution in [1.82, 2.24) is 25.3 Å². The summed E-state index contributed by atoms with van der Waals surface area (Å²) in [6.07, 6.45) is 7.14. The standard InChI is InChI=1S/C26H26F2N8O/c27-18-5-7-20(8-6-18)36(30)13-21(29)17-9-15(10-19(28)11-17)12-31-26(37)23-22-25(33-14-32-23)35-24(34-22)16-3-1-2-4-16/h5-11,13-14,16H,1-4,12,29-30H2,(H,31,37)(H,32,33,34,35)/b21-13-. The van der Waals surface area contributed by atoms with E-state index in [9.17, 15) is 13.6 Å². The minimum atomic E-state index is -0.525. The quantitative estimate of drug-likeness (QED) is 0.221. The van der Waals surface area contributed by atoms with Crippen molar-refractivity contribution in [3.05, 3.63) is 89.3 Å². The number of fused-ring (bicyclic) bond motifs is 1. The van der Waals surface area contributed by atoms with Gasteiger partial charge in [-0.2, -0.15) is 0 Å². The Hall–Kier alpha value is -4.38. The van der Waals surface area contributed by atoms with Gasteiger partial charge in [0, 0.05) is 24.2 Å². The Morgan fingerprint density at radius 2 is 1.86 bits per heavy atom. The van der Waals surface area contributed by atoms with Crippen molar-refractivity contribution in [3.8, 4) is 0 Å². The van der Waals surface area contributed by atoms with Gasteiger partial charge >= 0.3 is 0 Å². The molecule has 1 amide bonds. The minimum Gasteiger partial charge on any atom is -0.397 e. The SMILES string of the molecule is N/C(=C\N(N)c1ccc(F)cc1)c1cc(F)cc(CNC(=O)c2ncnc3nc(C4CCCC4)[nH]c23)c1. The van der Waals surface area contributed by atoms with Crippen LogP contribution in [0.1, 0.15) is 59.0 Å². The number of H-pyrrole nitrogens is 1. The summed E-state index contributed by atoms with van der Waals surface area (Å²) in [5, 5.41) is 3.99. The molecule has 0 aliphatic heterocycles. The number of hydrazine groups is 1. The highest BCUT2D eigenvalue weighted by atomic mass is 19.1. The fraction of sp³-hybridized carbons (Fsp3) is 0.231. The maximum atomic E-state index is 14.4. The highest BCUT2D eigenvalue weighted by molar-refractivity contribution is 6.02. The monoisotopic (exact) mass is 504 g/mol. The fourth-order valence-electron chi connectivity index (χ4n) is 4.51. The Morgan fingerprint density at radius 3 is 2.62 bits per heavy atom. The number of halogens is 2. The molecule has 0 atom stereocenters. The molecule has 11 heteroatoms. The van der Waals surface area contributed by atoms with E-state index in [4.69, 9.17) is 11.6 Å². The fourth-order valence-corrected chi connectivity index (χ4v) is 4.51. The molecule has 1 fully saturated rings. The van der Waals surface area contributed by atoms with Gasteiger partial charge in [0.05, 0.1) is 11.4 Å². The summed E-state index contributed by atoms with van der Waals surface area (Å²) in [5.74, 6) is 5.80. The van der Waals surface area contributed by atoms with E-state index in [0.29, 0.717) is 33.9 Å². The highest BCUT2D eigenvalue weighted by Gasteiger charge is 2.23. The number of nitrogens with two attached hydrogens (primary N) is 2. The van der Waals surface area contributed by atoms with Crippen LogP contribution in [0.25, 0.3) is 16.9 Å². The lowest BCUT2D eigenvalue weighted by atomic mass is 10.1. The van der Waals surface area contributed by atoms with Crippen LogP contribution in [0.5, 0.6) is 0 Å². The average molecular weight is 505 g/mol. The molecule has 1 saturated carbocycles. The number of anilines is 1. The van der Waals surface area contributed by atoms with E-state index < -0.39 is 17.5 Å². The lowest BCUT2D eigenvalue weighted by molar-refractivity contribution is 0.0947. The normalized spacial score (nSPS) is 14.3. The molecule has 0 unspecified atom stereocenters. The number of imidazole rings is 1. The number of carbonyl (C=O) groups excluding carboxylic acids is 1. The Kier molecular flexibility index (Phi) is 6.78. The van der Waals surface area contributed by atoms with Crippen LogP contribution in [0.4, 0.5) is 14.5 Å². The number of amides is 1. The first kappa shape index (κ1) is 24.3. The van der Waals surface area contributed by atoms with Crippen LogP contribution < -0.4 is 21.9 Å². The Labute approximate surface area is 211 Å². The number of rotatable bonds is 7. The molecular formula is C26H26F2N8O. The lowest BCUT2D eigenvalue weighted by Crippen LogP contribution is -2.26. The summed E-state index contributed by atoms with van der Waals surface area (Å²) in [5.41, 5.74) is 8.81. The topological polar surface area (TPSA) is 139 Å². The molecule has 0 radical (unpaired) electrons. The Morgan fingerprint density at radius 1 is 1.11 bits per heavy atom. The zero-order valence-corrected chi connectivity index (χ0v) is 19.9. The molecule has 2 heterocycles. The maximum Gasteiger partial charge on any atom is 0.272 e. The van der Waals surface area contributed by atoms with E-state index in [-0.39, 0.29) is 17.9 Å². The smallest absolute Gasteiger partial charge is 0.272 e. The molecule has 5 rings (SSSR count). The van der Waals surface area contributed by atoms with E-state index in [1.54, 1.807) is 6.07 Å². The van der Waals surface area contributed by atoms with Gasteiger partial charge < -0.3 is 16.0 Å². The van der Waals surface area contributed by atoms with Crippen LogP contribution in [0.2, 0.25) is 0 Å². The summed E-state index contributed by atoms with van der Waals surface area (Å²) in [7, 11) is 0. The van der Waals surface area contributed by atoms with Gasteiger partial charge in [0.25, 0.3) is 5.91 Å². The maximum absolute atomic E-state index is 14.4. The van der Waals surface area contributed by atoms with Crippen molar-refractivity contribution in [3.63, 3.8) is 0 Å². The molecule has 1 aliphatic carbocycles. The molecule has 6 N–H and O–H groups in total. The van der Waals surface area contributed by atoms with Crippen LogP contribution in [0.3, 0.4) is 0 Å². The summed E-state index contributed by atoms with van der Waals surface area (Å²) in [6, 6.07) is 9.74. The van der Waals surface area contributed by atoms with Crippen molar-refractivity contribution in [2.45, 2.75) is 38.1 Å². The molecule has 0 bridgehead atoms. The summed E-state index contributed by atoms with van der Waals surface area (Å²) in [4.78, 5) is 29.1. The van der Waals surface area contributed by atoms with Crippen molar-refractivity contribution < 1.29 is 13.6 Å². The van der Waals surface area contributed by atoms with E-state index in [0.717, 1.165) is 31.5 Å². The molecule has 37 heavy (non-hydrogen) atoms. The zero-order chi connectivity index (χ0) is 25.9. The second kappa shape index (κ2) is 10.3. The molecule has 2 aromatic carbocycles. The van der Waals surface area contributed by atoms with Crippen molar-refractivity contribution >= 4 is 28.5 Å². The molecule has 2 aromatic heterocycles. The van der Waals surface area contributed by atoms with Gasteiger partial charge in [-0.05, 0) is 60.9 Å². The first-order chi connectivity index (χ1) is 17.9. The number of nitrogens with zero attached hydrogens (tertiary/aromatic N) is 4. The Balaban J connectivity index is 1.31. The third-order valence-corrected chi connectivity index (χ3v) is 6.41. The summed E-state index contributed by atoms with van der Waals surface area (Å²) >= 11 is 0. The Bertz CT molecular complexity index is 1460. The van der Waals surface area contributed by atoms with Crippen LogP contribution >= 0.6 is 0 Å². The molecule has 190 valence electrons. The minimum absolute atomic E-state index is 0.0380. The molecule has 1 aliphatic rings. The summed E-state index contributed by atoms with van der Waals surface area (Å²) in [6.45, 7) is 0.0380. The molecule has 0 saturated heterocycles. The van der Waals surface area contributed by atoms with Gasteiger partial charge in [-0.1, -0.05) is 12.8 Å². The number of aromatic nitrogens is 4. The van der Waals surface area contributed by atoms with Gasteiger partial charge in [-0.3, -0.25) is 9.80 Å². The van der Waals surface area contributed by atoms with Crippen LogP contribution in [0.15, 0.2) is 55.0 Å². The van der Waals surface area contributed by atoms with Gasteiger partial charge in [-0.15, -0.1) is 0 Å². The van der Waals surface area contributed by atoms with Gasteiger partial charge in [0.15, 0.2) is 11.3 Å². The van der Waals surface area contributed by atoms with Crippen LogP contribution in [-0.4, -0.2) is 25.8 Å². The van der Waals surface area contributed by atoms with Crippen molar-refractivity contribution in [1.29, 1.82) is 0 Å². The van der Waals surface area contributed by atoms with Crippen molar-refractivity contribution in [2.75, 3.05) is 5.01 Å². The first-order valence-corrected chi connectivity index (χ1v) is 11.9. The number of benzene rings is 2. The molecule has 9 nitrogen and oxygen atoms in total. The van der Waals surface area contributed by atoms with Gasteiger partial charge in [-0.25, -0.2) is 29.6 Å². The molecule has 0 spiro atoms. The second-order valence-corrected chi connectivity index (χ2v) is 9.02. The van der Waals surface area contributed by atoms with Crippen molar-refractivity contribution in [2.24, 2.45) is 11.6 Å².